The van der Waals surface area contributed by atoms with E-state index < -0.39 is 24.0 Å². The van der Waals surface area contributed by atoms with E-state index in [1.807, 2.05) is 13.8 Å². The number of ether oxygens (including phenoxy) is 1. The number of aliphatic carboxylic acids is 1. The van der Waals surface area contributed by atoms with Crippen LogP contribution >= 0.6 is 0 Å². The standard InChI is InChI=1S/C17H23NO5/c1-10(2)8-15(17(21)22)18-16(20)12(4)23-14-7-5-6-13(9-14)11(3)19/h5-7,9-10,12,15H,8H2,1-4H3,(H,18,20)(H,21,22). The van der Waals surface area contributed by atoms with E-state index >= 15 is 0 Å². The third-order valence-corrected chi connectivity index (χ3v) is 3.24. The molecule has 0 aromatic heterocycles. The molecule has 0 bridgehead atoms. The average molecular weight is 321 g/mol. The minimum Gasteiger partial charge on any atom is -0.481 e. The summed E-state index contributed by atoms with van der Waals surface area (Å²) < 4.78 is 5.50. The van der Waals surface area contributed by atoms with E-state index in [1.54, 1.807) is 24.3 Å². The summed E-state index contributed by atoms with van der Waals surface area (Å²) in [5, 5.41) is 11.6. The third-order valence-electron chi connectivity index (χ3n) is 3.24. The van der Waals surface area contributed by atoms with Crippen LogP contribution < -0.4 is 10.1 Å². The van der Waals surface area contributed by atoms with Gasteiger partial charge in [-0.2, -0.15) is 0 Å². The molecule has 1 aromatic carbocycles. The van der Waals surface area contributed by atoms with Gasteiger partial charge < -0.3 is 15.2 Å². The highest BCUT2D eigenvalue weighted by molar-refractivity contribution is 5.94. The van der Waals surface area contributed by atoms with E-state index in [0.29, 0.717) is 17.7 Å². The van der Waals surface area contributed by atoms with Gasteiger partial charge in [0, 0.05) is 5.56 Å². The maximum atomic E-state index is 12.1. The number of nitrogens with one attached hydrogen (secondary N) is 1. The number of hydrogen-bond acceptors (Lipinski definition) is 4. The van der Waals surface area contributed by atoms with E-state index in [1.165, 1.54) is 13.8 Å². The van der Waals surface area contributed by atoms with Crippen LogP contribution in [0.25, 0.3) is 0 Å². The lowest BCUT2D eigenvalue weighted by molar-refractivity contribution is -0.143. The van der Waals surface area contributed by atoms with E-state index in [9.17, 15) is 14.4 Å². The number of carbonyl (C=O) groups excluding carboxylic acids is 2. The zero-order valence-corrected chi connectivity index (χ0v) is 13.8. The lowest BCUT2D eigenvalue weighted by Gasteiger charge is -2.20. The Labute approximate surface area is 135 Å². The summed E-state index contributed by atoms with van der Waals surface area (Å²) in [5.41, 5.74) is 0.485. The second kappa shape index (κ2) is 8.31. The Morgan fingerprint density at radius 2 is 1.87 bits per heavy atom. The van der Waals surface area contributed by atoms with Crippen molar-refractivity contribution in [1.29, 1.82) is 0 Å². The molecule has 0 radical (unpaired) electrons. The molecule has 23 heavy (non-hydrogen) atoms. The number of carbonyl (C=O) groups is 3. The fourth-order valence-electron chi connectivity index (χ4n) is 2.03. The topological polar surface area (TPSA) is 92.7 Å². The van der Waals surface area contributed by atoms with Gasteiger partial charge in [0.05, 0.1) is 0 Å². The minimum atomic E-state index is -1.07. The molecule has 0 fully saturated rings. The summed E-state index contributed by atoms with van der Waals surface area (Å²) in [7, 11) is 0. The lowest BCUT2D eigenvalue weighted by atomic mass is 10.0. The Balaban J connectivity index is 2.71. The fraction of sp³-hybridized carbons (Fsp3) is 0.471. The third kappa shape index (κ3) is 6.10. The average Bonchev–Trinajstić information content (AvgIpc) is 2.46. The van der Waals surface area contributed by atoms with Crippen LogP contribution in [-0.2, 0) is 9.59 Å². The first kappa shape index (κ1) is 18.7. The summed E-state index contributed by atoms with van der Waals surface area (Å²) >= 11 is 0. The fourth-order valence-corrected chi connectivity index (χ4v) is 2.03. The maximum Gasteiger partial charge on any atom is 0.326 e. The number of rotatable bonds is 8. The van der Waals surface area contributed by atoms with Gasteiger partial charge in [0.15, 0.2) is 11.9 Å². The van der Waals surface area contributed by atoms with Gasteiger partial charge in [-0.3, -0.25) is 9.59 Å². The first-order valence-corrected chi connectivity index (χ1v) is 7.51. The molecule has 0 aliphatic heterocycles. The van der Waals surface area contributed by atoms with E-state index in [0.717, 1.165) is 0 Å². The SMILES string of the molecule is CC(=O)c1cccc(OC(C)C(=O)NC(CC(C)C)C(=O)O)c1. The molecule has 0 aliphatic carbocycles. The molecule has 126 valence electrons. The molecule has 6 heteroatoms. The van der Waals surface area contributed by atoms with Crippen molar-refractivity contribution < 1.29 is 24.2 Å². The molecule has 0 spiro atoms. The number of amides is 1. The van der Waals surface area contributed by atoms with Crippen LogP contribution in [-0.4, -0.2) is 34.9 Å². The molecule has 1 aromatic rings. The molecule has 0 saturated carbocycles. The quantitative estimate of drug-likeness (QED) is 0.717. The van der Waals surface area contributed by atoms with Gasteiger partial charge in [0.1, 0.15) is 11.8 Å². The number of hydrogen-bond donors (Lipinski definition) is 2. The normalized spacial score (nSPS) is 13.3. The van der Waals surface area contributed by atoms with Crippen molar-refractivity contribution in [3.05, 3.63) is 29.8 Å². The summed E-state index contributed by atoms with van der Waals surface area (Å²) in [6.45, 7) is 6.74. The van der Waals surface area contributed by atoms with Crippen LogP contribution in [0.5, 0.6) is 5.75 Å². The molecule has 0 heterocycles. The molecule has 6 nitrogen and oxygen atoms in total. The van der Waals surface area contributed by atoms with Gasteiger partial charge in [-0.15, -0.1) is 0 Å². The molecule has 1 amide bonds. The Hall–Kier alpha value is -2.37. The number of ketones is 1. The van der Waals surface area contributed by atoms with E-state index in [-0.39, 0.29) is 11.7 Å². The van der Waals surface area contributed by atoms with Crippen LogP contribution in [0, 0.1) is 5.92 Å². The zero-order chi connectivity index (χ0) is 17.6. The Morgan fingerprint density at radius 3 is 2.39 bits per heavy atom. The van der Waals surface area contributed by atoms with Gasteiger partial charge in [0.2, 0.25) is 0 Å². The van der Waals surface area contributed by atoms with Gasteiger partial charge >= 0.3 is 5.97 Å². The zero-order valence-electron chi connectivity index (χ0n) is 13.8. The van der Waals surface area contributed by atoms with Crippen LogP contribution in [0.2, 0.25) is 0 Å². The number of carboxylic acids is 1. The molecule has 1 rings (SSSR count). The van der Waals surface area contributed by atoms with E-state index in [2.05, 4.69) is 5.32 Å². The highest BCUT2D eigenvalue weighted by Gasteiger charge is 2.24. The predicted octanol–water partition coefficient (Wildman–Crippen LogP) is 2.27. The van der Waals surface area contributed by atoms with Crippen LogP contribution in [0.4, 0.5) is 0 Å². The largest absolute Gasteiger partial charge is 0.481 e. The van der Waals surface area contributed by atoms with Crippen molar-refractivity contribution in [2.75, 3.05) is 0 Å². The molecular formula is C17H23NO5. The van der Waals surface area contributed by atoms with Gasteiger partial charge in [-0.1, -0.05) is 26.0 Å². The van der Waals surface area contributed by atoms with Crippen molar-refractivity contribution in [1.82, 2.24) is 5.32 Å². The number of carboxylic acid groups (broad SMARTS) is 1. The first-order chi connectivity index (χ1) is 10.7. The van der Waals surface area contributed by atoms with E-state index in [4.69, 9.17) is 9.84 Å². The molecule has 2 N–H and O–H groups in total. The second-order valence-electron chi connectivity index (χ2n) is 5.87. The summed E-state index contributed by atoms with van der Waals surface area (Å²) in [6, 6.07) is 5.56. The monoisotopic (exact) mass is 321 g/mol. The van der Waals surface area contributed by atoms with Gasteiger partial charge in [-0.25, -0.2) is 4.79 Å². The van der Waals surface area contributed by atoms with Crippen LogP contribution in [0.15, 0.2) is 24.3 Å². The Kier molecular flexibility index (Phi) is 6.75. The van der Waals surface area contributed by atoms with Gasteiger partial charge in [0.25, 0.3) is 5.91 Å². The minimum absolute atomic E-state index is 0.101. The lowest BCUT2D eigenvalue weighted by Crippen LogP contribution is -2.46. The van der Waals surface area contributed by atoms with Crippen LogP contribution in [0.3, 0.4) is 0 Å². The Bertz CT molecular complexity index is 582. The summed E-state index contributed by atoms with van der Waals surface area (Å²) in [5.74, 6) is -1.16. The second-order valence-corrected chi connectivity index (χ2v) is 5.87. The van der Waals surface area contributed by atoms with Crippen molar-refractivity contribution in [3.8, 4) is 5.75 Å². The molecule has 0 aliphatic rings. The smallest absolute Gasteiger partial charge is 0.326 e. The number of benzene rings is 1. The van der Waals surface area contributed by atoms with Crippen LogP contribution in [0.1, 0.15) is 44.5 Å². The Morgan fingerprint density at radius 1 is 1.22 bits per heavy atom. The number of Topliss-reactive ketones (excluding diaryl/α,β-unsaturated/α-hetero) is 1. The summed E-state index contributed by atoms with van der Waals surface area (Å²) in [6.07, 6.45) is -0.528. The first-order valence-electron chi connectivity index (χ1n) is 7.51. The highest BCUT2D eigenvalue weighted by atomic mass is 16.5. The predicted molar refractivity (Wildman–Crippen MR) is 85.6 cm³/mol. The highest BCUT2D eigenvalue weighted by Crippen LogP contribution is 2.15. The summed E-state index contributed by atoms with van der Waals surface area (Å²) in [4.78, 5) is 34.6. The van der Waals surface area contributed by atoms with Crippen molar-refractivity contribution >= 4 is 17.7 Å². The molecule has 0 saturated heterocycles. The van der Waals surface area contributed by atoms with Gasteiger partial charge in [-0.05, 0) is 38.3 Å². The molecular weight excluding hydrogens is 298 g/mol. The van der Waals surface area contributed by atoms with Crippen molar-refractivity contribution in [2.24, 2.45) is 5.92 Å². The maximum absolute atomic E-state index is 12.1. The van der Waals surface area contributed by atoms with Crippen molar-refractivity contribution in [2.45, 2.75) is 46.3 Å². The molecule has 2 atom stereocenters. The van der Waals surface area contributed by atoms with Crippen molar-refractivity contribution in [3.63, 3.8) is 0 Å². The molecule has 2 unspecified atom stereocenters.